The third kappa shape index (κ3) is 5.22. The Morgan fingerprint density at radius 3 is 1.46 bits per heavy atom. The lowest BCUT2D eigenvalue weighted by Crippen LogP contribution is -2.11. The maximum Gasteiger partial charge on any atom is 0.0540 e. The smallest absolute Gasteiger partial charge is 0.0540 e. The van der Waals surface area contributed by atoms with Gasteiger partial charge in [-0.1, -0.05) is 170 Å². The molecule has 0 amide bonds. The molecule has 0 saturated carbocycles. The Bertz CT molecular complexity index is 3360. The lowest BCUT2D eigenvalue weighted by Gasteiger charge is -2.28. The number of thiophene rings is 1. The summed E-state index contributed by atoms with van der Waals surface area (Å²) in [6.07, 6.45) is 0. The van der Waals surface area contributed by atoms with Crippen molar-refractivity contribution in [3.05, 3.63) is 212 Å². The van der Waals surface area contributed by atoms with Crippen LogP contribution in [-0.2, 0) is 0 Å². The van der Waals surface area contributed by atoms with Gasteiger partial charge in [-0.25, -0.2) is 0 Å². The molecule has 0 atom stereocenters. The average Bonchev–Trinajstić information content (AvgIpc) is 3.66. The van der Waals surface area contributed by atoms with Crippen molar-refractivity contribution < 1.29 is 0 Å². The van der Waals surface area contributed by atoms with Gasteiger partial charge in [0.15, 0.2) is 0 Å². The summed E-state index contributed by atoms with van der Waals surface area (Å²) in [5.41, 5.74) is 5.70. The molecule has 0 N–H and O–H groups in total. The highest BCUT2D eigenvalue weighted by atomic mass is 32.1. The standard InChI is InChI=1S/C54H35NS/c1-3-17-36(18-4-1)39-21-13-15-29-50(39)55(37-19-5-2-6-20-37)38-31-32-45-47-33-34-52-54(48-28-14-16-30-51(48)56-52)53(47)46-27-12-11-25-43(46)41-23-8-7-22-40(41)42-24-9-10-26-44(42)49(45)35-38/h1-35H. The molecule has 0 saturated heterocycles. The third-order valence-corrected chi connectivity index (χ3v) is 12.4. The first kappa shape index (κ1) is 32.4. The van der Waals surface area contributed by atoms with E-state index in [4.69, 9.17) is 0 Å². The summed E-state index contributed by atoms with van der Waals surface area (Å²) in [5.74, 6) is 0. The second-order valence-corrected chi connectivity index (χ2v) is 15.5. The highest BCUT2D eigenvalue weighted by Gasteiger charge is 2.19. The minimum absolute atomic E-state index is 1.10. The largest absolute Gasteiger partial charge is 0.310 e. The lowest BCUT2D eigenvalue weighted by molar-refractivity contribution is 1.29. The van der Waals surface area contributed by atoms with E-state index in [0.29, 0.717) is 0 Å². The molecule has 0 unspecified atom stereocenters. The molecule has 262 valence electrons. The van der Waals surface area contributed by atoms with E-state index in [1.807, 2.05) is 11.3 Å². The number of benzene rings is 9. The van der Waals surface area contributed by atoms with E-state index in [2.05, 4.69) is 217 Å². The second-order valence-electron chi connectivity index (χ2n) is 14.4. The van der Waals surface area contributed by atoms with Crippen molar-refractivity contribution in [3.8, 4) is 11.1 Å². The number of nitrogens with zero attached hydrogens (tertiary/aromatic N) is 1. The van der Waals surface area contributed by atoms with Crippen molar-refractivity contribution in [1.82, 2.24) is 0 Å². The number of hydrogen-bond donors (Lipinski definition) is 0. The predicted molar refractivity (Wildman–Crippen MR) is 245 cm³/mol. The summed E-state index contributed by atoms with van der Waals surface area (Å²) in [4.78, 5) is 2.42. The van der Waals surface area contributed by atoms with Crippen LogP contribution in [0.2, 0.25) is 0 Å². The van der Waals surface area contributed by atoms with Crippen molar-refractivity contribution in [2.45, 2.75) is 0 Å². The molecule has 11 rings (SSSR count). The SMILES string of the molecule is c1ccc(-c2ccccc2N(c2ccccc2)c2ccc3c(c2)c2ccccc2c2ccccc2c2ccccc2c2c3ccc3sc4ccccc4c32)cc1. The first-order valence-corrected chi connectivity index (χ1v) is 20.0. The van der Waals surface area contributed by atoms with E-state index < -0.39 is 0 Å². The van der Waals surface area contributed by atoms with Crippen LogP contribution in [0.15, 0.2) is 212 Å². The van der Waals surface area contributed by atoms with Gasteiger partial charge in [0, 0.05) is 37.1 Å². The molecule has 1 nitrogen and oxygen atoms in total. The summed E-state index contributed by atoms with van der Waals surface area (Å²) in [5, 5.41) is 14.9. The molecule has 0 bridgehead atoms. The Morgan fingerprint density at radius 1 is 0.286 bits per heavy atom. The molecule has 2 heteroatoms. The molecule has 56 heavy (non-hydrogen) atoms. The first-order chi connectivity index (χ1) is 27.8. The van der Waals surface area contributed by atoms with Crippen LogP contribution in [0.3, 0.4) is 0 Å². The van der Waals surface area contributed by atoms with Crippen LogP contribution in [0.25, 0.3) is 85.2 Å². The average molecular weight is 730 g/mol. The lowest BCUT2D eigenvalue weighted by atomic mass is 9.92. The molecule has 0 aliphatic carbocycles. The van der Waals surface area contributed by atoms with Crippen molar-refractivity contribution in [1.29, 1.82) is 0 Å². The number of rotatable bonds is 4. The Labute approximate surface area is 329 Å². The van der Waals surface area contributed by atoms with Gasteiger partial charge in [0.05, 0.1) is 5.69 Å². The molecule has 0 aliphatic rings. The van der Waals surface area contributed by atoms with Gasteiger partial charge >= 0.3 is 0 Å². The van der Waals surface area contributed by atoms with Gasteiger partial charge in [-0.15, -0.1) is 11.3 Å². The zero-order chi connectivity index (χ0) is 37.0. The summed E-state index contributed by atoms with van der Waals surface area (Å²) >= 11 is 1.88. The van der Waals surface area contributed by atoms with Gasteiger partial charge in [-0.05, 0) is 102 Å². The number of fused-ring (bicyclic) bond motifs is 14. The van der Waals surface area contributed by atoms with Crippen LogP contribution < -0.4 is 4.90 Å². The quantitative estimate of drug-likeness (QED) is 0.174. The van der Waals surface area contributed by atoms with Crippen LogP contribution in [0, 0.1) is 0 Å². The first-order valence-electron chi connectivity index (χ1n) is 19.2. The van der Waals surface area contributed by atoms with E-state index >= 15 is 0 Å². The van der Waals surface area contributed by atoms with Crippen LogP contribution in [0.1, 0.15) is 0 Å². The van der Waals surface area contributed by atoms with Crippen molar-refractivity contribution in [3.63, 3.8) is 0 Å². The van der Waals surface area contributed by atoms with Crippen LogP contribution >= 0.6 is 11.3 Å². The van der Waals surface area contributed by atoms with Crippen molar-refractivity contribution in [2.75, 3.05) is 4.90 Å². The maximum atomic E-state index is 2.43. The van der Waals surface area contributed by atoms with Gasteiger partial charge in [0.2, 0.25) is 0 Å². The number of hydrogen-bond acceptors (Lipinski definition) is 2. The Kier molecular flexibility index (Phi) is 7.75. The van der Waals surface area contributed by atoms with Crippen molar-refractivity contribution in [2.24, 2.45) is 0 Å². The molecule has 11 aromatic rings. The van der Waals surface area contributed by atoms with Gasteiger partial charge < -0.3 is 4.90 Å². The van der Waals surface area contributed by atoms with Gasteiger partial charge in [0.25, 0.3) is 0 Å². The summed E-state index contributed by atoms with van der Waals surface area (Å²) in [6, 6.07) is 77.9. The molecular weight excluding hydrogens is 695 g/mol. The van der Waals surface area contributed by atoms with Gasteiger partial charge in [0.1, 0.15) is 0 Å². The fraction of sp³-hybridized carbons (Fsp3) is 0. The Balaban J connectivity index is 1.37. The molecule has 0 spiro atoms. The van der Waals surface area contributed by atoms with E-state index in [9.17, 15) is 0 Å². The summed E-state index contributed by atoms with van der Waals surface area (Å²) in [6.45, 7) is 0. The van der Waals surface area contributed by atoms with Crippen LogP contribution in [0.5, 0.6) is 0 Å². The summed E-state index contributed by atoms with van der Waals surface area (Å²) < 4.78 is 2.61. The Morgan fingerprint density at radius 2 is 0.768 bits per heavy atom. The minimum atomic E-state index is 1.10. The number of anilines is 3. The van der Waals surface area contributed by atoms with Gasteiger partial charge in [-0.3, -0.25) is 0 Å². The molecule has 0 aliphatic heterocycles. The van der Waals surface area contributed by atoms with E-state index in [1.165, 1.54) is 85.2 Å². The highest BCUT2D eigenvalue weighted by Crippen LogP contribution is 2.46. The number of para-hydroxylation sites is 2. The fourth-order valence-electron chi connectivity index (χ4n) is 8.83. The Hall–Kier alpha value is -7.00. The van der Waals surface area contributed by atoms with Crippen molar-refractivity contribution >= 4 is 102 Å². The van der Waals surface area contributed by atoms with Crippen LogP contribution in [0.4, 0.5) is 17.1 Å². The maximum absolute atomic E-state index is 2.43. The van der Waals surface area contributed by atoms with E-state index in [-0.39, 0.29) is 0 Å². The highest BCUT2D eigenvalue weighted by molar-refractivity contribution is 7.26. The summed E-state index contributed by atoms with van der Waals surface area (Å²) in [7, 11) is 0. The third-order valence-electron chi connectivity index (χ3n) is 11.3. The molecule has 1 aromatic heterocycles. The predicted octanol–water partition coefficient (Wildman–Crippen LogP) is 16.1. The van der Waals surface area contributed by atoms with Crippen LogP contribution in [-0.4, -0.2) is 0 Å². The molecule has 0 fully saturated rings. The minimum Gasteiger partial charge on any atom is -0.310 e. The van der Waals surface area contributed by atoms with Gasteiger partial charge in [-0.2, -0.15) is 0 Å². The topological polar surface area (TPSA) is 3.24 Å². The zero-order valence-electron chi connectivity index (χ0n) is 30.6. The normalized spacial score (nSPS) is 11.6. The zero-order valence-corrected chi connectivity index (χ0v) is 31.4. The fourth-order valence-corrected chi connectivity index (χ4v) is 9.94. The second kappa shape index (κ2) is 13.4. The van der Waals surface area contributed by atoms with E-state index in [1.54, 1.807) is 0 Å². The molecule has 0 radical (unpaired) electrons. The van der Waals surface area contributed by atoms with E-state index in [0.717, 1.165) is 17.1 Å². The molecule has 10 aromatic carbocycles. The monoisotopic (exact) mass is 729 g/mol. The molecule has 1 heterocycles. The molecular formula is C54H35NS.